The zero-order valence-corrected chi connectivity index (χ0v) is 17.2. The Hall–Kier alpha value is -1.88. The second kappa shape index (κ2) is 7.75. The van der Waals surface area contributed by atoms with Crippen LogP contribution in [-0.4, -0.2) is 42.4 Å². The molecular formula is C24H33N3O2. The third kappa shape index (κ3) is 4.07. The highest BCUT2D eigenvalue weighted by Crippen LogP contribution is 2.60. The molecule has 156 valence electrons. The first-order valence-electron chi connectivity index (χ1n) is 11.4. The minimum Gasteiger partial charge on any atom is -0.350 e. The van der Waals surface area contributed by atoms with E-state index in [0.717, 1.165) is 63.1 Å². The second-order valence-corrected chi connectivity index (χ2v) is 10.2. The van der Waals surface area contributed by atoms with Crippen molar-refractivity contribution < 1.29 is 9.59 Å². The van der Waals surface area contributed by atoms with Crippen LogP contribution in [0.4, 0.5) is 0 Å². The first kappa shape index (κ1) is 19.1. The van der Waals surface area contributed by atoms with E-state index in [-0.39, 0.29) is 29.8 Å². The van der Waals surface area contributed by atoms with Crippen LogP contribution in [0.1, 0.15) is 50.5 Å². The summed E-state index contributed by atoms with van der Waals surface area (Å²) in [5.74, 6) is 2.33. The number of carbonyl (C=O) groups is 2. The highest BCUT2D eigenvalue weighted by atomic mass is 16.2. The molecule has 1 aliphatic heterocycles. The minimum absolute atomic E-state index is 0.0466. The Kier molecular flexibility index (Phi) is 5.10. The Morgan fingerprint density at radius 1 is 1.00 bits per heavy atom. The second-order valence-electron chi connectivity index (χ2n) is 10.2. The van der Waals surface area contributed by atoms with Crippen molar-refractivity contribution in [3.05, 3.63) is 35.9 Å². The number of nitrogens with zero attached hydrogens (tertiary/aromatic N) is 1. The molecular weight excluding hydrogens is 362 g/mol. The molecule has 5 heteroatoms. The lowest BCUT2D eigenvalue weighted by atomic mass is 9.49. The van der Waals surface area contributed by atoms with Gasteiger partial charge < -0.3 is 10.6 Å². The Balaban J connectivity index is 1.07. The van der Waals surface area contributed by atoms with E-state index < -0.39 is 0 Å². The van der Waals surface area contributed by atoms with E-state index in [1.807, 2.05) is 6.07 Å². The zero-order chi connectivity index (χ0) is 19.8. The highest BCUT2D eigenvalue weighted by molar-refractivity contribution is 5.88. The van der Waals surface area contributed by atoms with Crippen molar-refractivity contribution in [2.75, 3.05) is 19.6 Å². The Morgan fingerprint density at radius 2 is 1.66 bits per heavy atom. The fraction of sp³-hybridized carbons (Fsp3) is 0.667. The van der Waals surface area contributed by atoms with Gasteiger partial charge in [0.15, 0.2) is 0 Å². The topological polar surface area (TPSA) is 61.4 Å². The molecule has 2 amide bonds. The van der Waals surface area contributed by atoms with Gasteiger partial charge in [0.1, 0.15) is 0 Å². The van der Waals surface area contributed by atoms with Crippen molar-refractivity contribution in [3.8, 4) is 0 Å². The lowest BCUT2D eigenvalue weighted by Gasteiger charge is -2.55. The van der Waals surface area contributed by atoms with Gasteiger partial charge in [-0.25, -0.2) is 0 Å². The van der Waals surface area contributed by atoms with Crippen LogP contribution >= 0.6 is 0 Å². The quantitative estimate of drug-likeness (QED) is 0.779. The molecule has 0 radical (unpaired) electrons. The Labute approximate surface area is 173 Å². The SMILES string of the molecule is O=C(CNC(=O)C12CC3CC(CC(C3)C1)C2)N[C@H]1CCN(Cc2ccccc2)C1. The van der Waals surface area contributed by atoms with E-state index in [4.69, 9.17) is 0 Å². The maximum absolute atomic E-state index is 13.0. The van der Waals surface area contributed by atoms with Crippen molar-refractivity contribution in [1.82, 2.24) is 15.5 Å². The van der Waals surface area contributed by atoms with E-state index in [2.05, 4.69) is 39.8 Å². The third-order valence-electron chi connectivity index (χ3n) is 7.82. The average Bonchev–Trinajstić information content (AvgIpc) is 3.12. The fourth-order valence-electron chi connectivity index (χ4n) is 6.95. The number of hydrogen-bond acceptors (Lipinski definition) is 3. The standard InChI is InChI=1S/C24H33N3O2/c28-22(26-21-6-7-27(16-21)15-17-4-2-1-3-5-17)14-25-23(29)24-11-18-8-19(12-24)10-20(9-18)13-24/h1-5,18-21H,6-16H2,(H,25,29)(H,26,28)/t18?,19?,20?,21-,24?/m0/s1. The van der Waals surface area contributed by atoms with Crippen molar-refractivity contribution in [3.63, 3.8) is 0 Å². The monoisotopic (exact) mass is 395 g/mol. The number of amides is 2. The van der Waals surface area contributed by atoms with Crippen LogP contribution in [0.25, 0.3) is 0 Å². The van der Waals surface area contributed by atoms with Gasteiger partial charge in [0.05, 0.1) is 6.54 Å². The molecule has 0 unspecified atom stereocenters. The molecule has 1 aromatic rings. The van der Waals surface area contributed by atoms with Crippen LogP contribution in [0, 0.1) is 23.2 Å². The van der Waals surface area contributed by atoms with Gasteiger partial charge in [-0.3, -0.25) is 14.5 Å². The van der Waals surface area contributed by atoms with Gasteiger partial charge in [-0.05, 0) is 68.3 Å². The van der Waals surface area contributed by atoms with Gasteiger partial charge in [0.25, 0.3) is 0 Å². The van der Waals surface area contributed by atoms with Crippen molar-refractivity contribution >= 4 is 11.8 Å². The summed E-state index contributed by atoms with van der Waals surface area (Å²) in [4.78, 5) is 27.8. The predicted molar refractivity (Wildman–Crippen MR) is 112 cm³/mol. The fourth-order valence-corrected chi connectivity index (χ4v) is 6.95. The van der Waals surface area contributed by atoms with Gasteiger partial charge in [0.2, 0.25) is 11.8 Å². The zero-order valence-electron chi connectivity index (χ0n) is 17.2. The summed E-state index contributed by atoms with van der Waals surface area (Å²) >= 11 is 0. The van der Waals surface area contributed by atoms with Crippen LogP contribution < -0.4 is 10.6 Å². The lowest BCUT2D eigenvalue weighted by Crippen LogP contribution is -2.55. The molecule has 5 fully saturated rings. The molecule has 1 aromatic carbocycles. The summed E-state index contributed by atoms with van der Waals surface area (Å²) in [6.07, 6.45) is 8.09. The molecule has 0 spiro atoms. The molecule has 4 bridgehead atoms. The molecule has 2 N–H and O–H groups in total. The van der Waals surface area contributed by atoms with Gasteiger partial charge in [0, 0.05) is 31.1 Å². The lowest BCUT2D eigenvalue weighted by molar-refractivity contribution is -0.147. The van der Waals surface area contributed by atoms with Gasteiger partial charge in [-0.1, -0.05) is 30.3 Å². The van der Waals surface area contributed by atoms with Crippen LogP contribution in [0.3, 0.4) is 0 Å². The number of likely N-dealkylation sites (tertiary alicyclic amines) is 1. The molecule has 0 aromatic heterocycles. The molecule has 5 nitrogen and oxygen atoms in total. The molecule has 6 rings (SSSR count). The normalized spacial score (nSPS) is 35.6. The first-order chi connectivity index (χ1) is 14.1. The minimum atomic E-state index is -0.172. The first-order valence-corrected chi connectivity index (χ1v) is 11.4. The molecule has 4 aliphatic carbocycles. The van der Waals surface area contributed by atoms with Crippen LogP contribution in [0.2, 0.25) is 0 Å². The molecule has 4 saturated carbocycles. The molecule has 1 saturated heterocycles. The van der Waals surface area contributed by atoms with Gasteiger partial charge >= 0.3 is 0 Å². The van der Waals surface area contributed by atoms with E-state index in [0.29, 0.717) is 0 Å². The van der Waals surface area contributed by atoms with E-state index in [1.165, 1.54) is 24.8 Å². The molecule has 1 atom stereocenters. The Morgan fingerprint density at radius 3 is 2.31 bits per heavy atom. The summed E-state index contributed by atoms with van der Waals surface area (Å²) in [7, 11) is 0. The summed E-state index contributed by atoms with van der Waals surface area (Å²) in [6, 6.07) is 10.6. The summed E-state index contributed by atoms with van der Waals surface area (Å²) < 4.78 is 0. The van der Waals surface area contributed by atoms with Gasteiger partial charge in [-0.15, -0.1) is 0 Å². The van der Waals surface area contributed by atoms with Crippen LogP contribution in [-0.2, 0) is 16.1 Å². The number of hydrogen-bond donors (Lipinski definition) is 2. The number of benzene rings is 1. The van der Waals surface area contributed by atoms with Crippen molar-refractivity contribution in [2.45, 2.75) is 57.5 Å². The van der Waals surface area contributed by atoms with E-state index >= 15 is 0 Å². The van der Waals surface area contributed by atoms with Gasteiger partial charge in [-0.2, -0.15) is 0 Å². The molecule has 5 aliphatic rings. The maximum Gasteiger partial charge on any atom is 0.239 e. The average molecular weight is 396 g/mol. The smallest absolute Gasteiger partial charge is 0.239 e. The molecule has 29 heavy (non-hydrogen) atoms. The van der Waals surface area contributed by atoms with Crippen LogP contribution in [0.15, 0.2) is 30.3 Å². The number of carbonyl (C=O) groups excluding carboxylic acids is 2. The summed E-state index contributed by atoms with van der Waals surface area (Å²) in [6.45, 7) is 2.93. The van der Waals surface area contributed by atoms with E-state index in [9.17, 15) is 9.59 Å². The highest BCUT2D eigenvalue weighted by Gasteiger charge is 2.54. The summed E-state index contributed by atoms with van der Waals surface area (Å²) in [5, 5.41) is 6.13. The maximum atomic E-state index is 13.0. The Bertz CT molecular complexity index is 727. The van der Waals surface area contributed by atoms with E-state index in [1.54, 1.807) is 0 Å². The third-order valence-corrected chi connectivity index (χ3v) is 7.82. The largest absolute Gasteiger partial charge is 0.350 e. The summed E-state index contributed by atoms with van der Waals surface area (Å²) in [5.41, 5.74) is 1.14. The van der Waals surface area contributed by atoms with Crippen molar-refractivity contribution in [2.24, 2.45) is 23.2 Å². The van der Waals surface area contributed by atoms with Crippen molar-refractivity contribution in [1.29, 1.82) is 0 Å². The molecule has 1 heterocycles. The number of rotatable bonds is 6. The predicted octanol–water partition coefficient (Wildman–Crippen LogP) is 2.71. The number of nitrogens with one attached hydrogen (secondary N) is 2. The van der Waals surface area contributed by atoms with Crippen LogP contribution in [0.5, 0.6) is 0 Å².